The minimum atomic E-state index is -0.163. The lowest BCUT2D eigenvalue weighted by Crippen LogP contribution is -2.51. The van der Waals surface area contributed by atoms with Gasteiger partial charge in [-0.2, -0.15) is 5.10 Å². The number of H-pyrrole nitrogens is 2. The number of carbonyl (C=O) groups is 1. The molecule has 0 radical (unpaired) electrons. The van der Waals surface area contributed by atoms with Gasteiger partial charge in [-0.15, -0.1) is 0 Å². The zero-order chi connectivity index (χ0) is 23.2. The van der Waals surface area contributed by atoms with E-state index in [1.54, 1.807) is 0 Å². The Hall–Kier alpha value is -2.64. The third kappa shape index (κ3) is 4.20. The molecule has 1 amide bonds. The monoisotopic (exact) mass is 449 g/mol. The normalized spacial score (nSPS) is 19.4. The fraction of sp³-hybridized carbons (Fsp3) is 0.538. The van der Waals surface area contributed by atoms with Gasteiger partial charge in [0.25, 0.3) is 0 Å². The van der Waals surface area contributed by atoms with Crippen LogP contribution in [0.15, 0.2) is 24.3 Å². The molecule has 33 heavy (non-hydrogen) atoms. The lowest BCUT2D eigenvalue weighted by molar-refractivity contribution is -0.124. The summed E-state index contributed by atoms with van der Waals surface area (Å²) in [4.78, 5) is 21.0. The quantitative estimate of drug-likeness (QED) is 0.614. The van der Waals surface area contributed by atoms with Gasteiger partial charge >= 0.3 is 0 Å². The number of nitrogens with one attached hydrogen (secondary N) is 2. The van der Waals surface area contributed by atoms with Crippen LogP contribution in [-0.2, 0) is 22.4 Å². The van der Waals surface area contributed by atoms with Gasteiger partial charge in [0, 0.05) is 47.5 Å². The van der Waals surface area contributed by atoms with Crippen molar-refractivity contribution in [2.24, 2.45) is 5.41 Å². The summed E-state index contributed by atoms with van der Waals surface area (Å²) in [5.41, 5.74) is 6.94. The van der Waals surface area contributed by atoms with Gasteiger partial charge in [0.05, 0.1) is 24.9 Å². The number of nitrogens with zero attached hydrogens (tertiary/aromatic N) is 3. The van der Waals surface area contributed by atoms with Crippen molar-refractivity contribution in [1.29, 1.82) is 0 Å². The van der Waals surface area contributed by atoms with Crippen LogP contribution in [0, 0.1) is 5.41 Å². The van der Waals surface area contributed by atoms with Gasteiger partial charge < -0.3 is 14.6 Å². The highest BCUT2D eigenvalue weighted by Crippen LogP contribution is 2.38. The van der Waals surface area contributed by atoms with Crippen LogP contribution in [0.3, 0.4) is 0 Å². The summed E-state index contributed by atoms with van der Waals surface area (Å²) in [7, 11) is 0. The van der Waals surface area contributed by atoms with Gasteiger partial charge in [0.2, 0.25) is 5.91 Å². The molecule has 2 aromatic heterocycles. The van der Waals surface area contributed by atoms with E-state index in [2.05, 4.69) is 58.2 Å². The maximum absolute atomic E-state index is 13.3. The largest absolute Gasteiger partial charge is 0.379 e. The molecule has 5 rings (SSSR count). The Morgan fingerprint density at radius 2 is 2.06 bits per heavy atom. The number of hydrogen-bond acceptors (Lipinski definition) is 4. The van der Waals surface area contributed by atoms with Gasteiger partial charge in [-0.05, 0) is 56.7 Å². The van der Waals surface area contributed by atoms with Crippen molar-refractivity contribution < 1.29 is 9.53 Å². The van der Waals surface area contributed by atoms with E-state index in [1.807, 2.05) is 18.7 Å². The van der Waals surface area contributed by atoms with Crippen molar-refractivity contribution in [2.75, 3.05) is 37.7 Å². The fourth-order valence-corrected chi connectivity index (χ4v) is 5.29. The Morgan fingerprint density at radius 3 is 2.82 bits per heavy atom. The van der Waals surface area contributed by atoms with Gasteiger partial charge in [-0.3, -0.25) is 14.8 Å². The van der Waals surface area contributed by atoms with Crippen LogP contribution in [0.2, 0.25) is 0 Å². The summed E-state index contributed by atoms with van der Waals surface area (Å²) < 4.78 is 5.45. The SMILES string of the molecule is CCN(C(=O)[C@H](C)N1CCOCC1)c1ccc2cc(-c3n[nH]c4c3CCC(C)(C)C4)[nH]c2c1. The summed E-state index contributed by atoms with van der Waals surface area (Å²) in [5, 5.41) is 9.09. The van der Waals surface area contributed by atoms with E-state index < -0.39 is 0 Å². The number of anilines is 1. The molecule has 0 spiro atoms. The number of hydrogen-bond donors (Lipinski definition) is 2. The first-order chi connectivity index (χ1) is 15.9. The maximum Gasteiger partial charge on any atom is 0.244 e. The average Bonchev–Trinajstić information content (AvgIpc) is 3.41. The Morgan fingerprint density at radius 1 is 1.27 bits per heavy atom. The molecule has 0 bridgehead atoms. The molecule has 0 unspecified atom stereocenters. The van der Waals surface area contributed by atoms with Gasteiger partial charge in [-0.25, -0.2) is 0 Å². The number of fused-ring (bicyclic) bond motifs is 2. The molecular formula is C26H35N5O2. The van der Waals surface area contributed by atoms with E-state index in [9.17, 15) is 4.79 Å². The molecule has 3 heterocycles. The zero-order valence-corrected chi connectivity index (χ0v) is 20.2. The van der Waals surface area contributed by atoms with E-state index in [-0.39, 0.29) is 11.9 Å². The summed E-state index contributed by atoms with van der Waals surface area (Å²) in [6.45, 7) is 12.3. The molecule has 2 N–H and O–H groups in total. The second kappa shape index (κ2) is 8.61. The Labute approximate surface area is 195 Å². The maximum atomic E-state index is 13.3. The predicted octanol–water partition coefficient (Wildman–Crippen LogP) is 4.15. The number of ether oxygens (including phenoxy) is 1. The Kier molecular flexibility index (Phi) is 5.79. The van der Waals surface area contributed by atoms with E-state index >= 15 is 0 Å². The Bertz CT molecular complexity index is 1150. The van der Waals surface area contributed by atoms with Crippen LogP contribution in [0.4, 0.5) is 5.69 Å². The first-order valence-electron chi connectivity index (χ1n) is 12.2. The van der Waals surface area contributed by atoms with Crippen molar-refractivity contribution in [3.05, 3.63) is 35.5 Å². The lowest BCUT2D eigenvalue weighted by Gasteiger charge is -2.34. The van der Waals surface area contributed by atoms with Crippen molar-refractivity contribution in [1.82, 2.24) is 20.1 Å². The van der Waals surface area contributed by atoms with Gasteiger partial charge in [-0.1, -0.05) is 19.9 Å². The topological polar surface area (TPSA) is 77.2 Å². The molecule has 7 nitrogen and oxygen atoms in total. The van der Waals surface area contributed by atoms with E-state index in [4.69, 9.17) is 4.74 Å². The second-order valence-electron chi connectivity index (χ2n) is 10.2. The molecule has 1 aromatic carbocycles. The van der Waals surface area contributed by atoms with Crippen molar-refractivity contribution in [2.45, 2.75) is 53.0 Å². The number of morpholine rings is 1. The summed E-state index contributed by atoms with van der Waals surface area (Å²) >= 11 is 0. The standard InChI is InChI=1S/C26H35N5O2/c1-5-31(25(32)17(2)30-10-12-33-13-11-30)19-7-6-18-14-22(27-21(18)15-19)24-20-8-9-26(3,4)16-23(20)28-29-24/h6-7,14-15,17,27H,5,8-13,16H2,1-4H3,(H,28,29)/t17-/m0/s1. The van der Waals surface area contributed by atoms with Crippen LogP contribution >= 0.6 is 0 Å². The first kappa shape index (κ1) is 22.2. The summed E-state index contributed by atoms with van der Waals surface area (Å²) in [6.07, 6.45) is 3.26. The number of rotatable bonds is 5. The van der Waals surface area contributed by atoms with Gasteiger partial charge in [0.1, 0.15) is 5.69 Å². The van der Waals surface area contributed by atoms with Crippen molar-refractivity contribution in [3.63, 3.8) is 0 Å². The number of aromatic amines is 2. The molecule has 1 saturated heterocycles. The van der Waals surface area contributed by atoms with Crippen molar-refractivity contribution >= 4 is 22.5 Å². The predicted molar refractivity (Wildman–Crippen MR) is 132 cm³/mol. The third-order valence-corrected chi connectivity index (χ3v) is 7.37. The number of likely N-dealkylation sites (N-methyl/N-ethyl adjacent to an activating group) is 1. The van der Waals surface area contributed by atoms with Crippen LogP contribution in [0.5, 0.6) is 0 Å². The van der Waals surface area contributed by atoms with Crippen LogP contribution in [0.1, 0.15) is 45.4 Å². The minimum Gasteiger partial charge on any atom is -0.379 e. The average molecular weight is 450 g/mol. The molecule has 2 aliphatic rings. The van der Waals surface area contributed by atoms with E-state index in [0.29, 0.717) is 25.2 Å². The Balaban J connectivity index is 1.41. The molecule has 1 fully saturated rings. The van der Waals surface area contributed by atoms with Crippen LogP contribution in [0.25, 0.3) is 22.3 Å². The van der Waals surface area contributed by atoms with Gasteiger partial charge in [0.15, 0.2) is 0 Å². The molecule has 1 atom stereocenters. The fourth-order valence-electron chi connectivity index (χ4n) is 5.29. The number of amides is 1. The van der Waals surface area contributed by atoms with E-state index in [1.165, 1.54) is 17.7 Å². The number of benzene rings is 1. The molecule has 0 saturated carbocycles. The zero-order valence-electron chi connectivity index (χ0n) is 20.2. The highest BCUT2D eigenvalue weighted by atomic mass is 16.5. The third-order valence-electron chi connectivity index (χ3n) is 7.37. The van der Waals surface area contributed by atoms with Crippen molar-refractivity contribution in [3.8, 4) is 11.4 Å². The smallest absolute Gasteiger partial charge is 0.244 e. The summed E-state index contributed by atoms with van der Waals surface area (Å²) in [6, 6.07) is 8.25. The molecular weight excluding hydrogens is 414 g/mol. The first-order valence-corrected chi connectivity index (χ1v) is 12.2. The molecule has 3 aromatic rings. The van der Waals surface area contributed by atoms with Crippen LogP contribution < -0.4 is 4.90 Å². The highest BCUT2D eigenvalue weighted by molar-refractivity contribution is 5.99. The minimum absolute atomic E-state index is 0.134. The number of aromatic nitrogens is 3. The van der Waals surface area contributed by atoms with Crippen LogP contribution in [-0.4, -0.2) is 64.9 Å². The lowest BCUT2D eigenvalue weighted by atomic mass is 9.76. The summed E-state index contributed by atoms with van der Waals surface area (Å²) in [5.74, 6) is 0.134. The van der Waals surface area contributed by atoms with E-state index in [0.717, 1.165) is 53.9 Å². The number of carbonyl (C=O) groups excluding carboxylic acids is 1. The highest BCUT2D eigenvalue weighted by Gasteiger charge is 2.30. The molecule has 7 heteroatoms. The molecule has 1 aliphatic carbocycles. The second-order valence-corrected chi connectivity index (χ2v) is 10.2. The molecule has 1 aliphatic heterocycles. The molecule has 176 valence electrons.